The zero-order valence-electron chi connectivity index (χ0n) is 16.6. The van der Waals surface area contributed by atoms with Crippen molar-refractivity contribution in [2.75, 3.05) is 45.7 Å². The van der Waals surface area contributed by atoms with Gasteiger partial charge >= 0.3 is 0 Å². The van der Waals surface area contributed by atoms with Crippen molar-refractivity contribution in [1.29, 1.82) is 0 Å². The molecular formula is C20H27N5O3. The van der Waals surface area contributed by atoms with Crippen LogP contribution in [0.25, 0.3) is 11.0 Å². The third kappa shape index (κ3) is 3.22. The van der Waals surface area contributed by atoms with Crippen molar-refractivity contribution in [1.82, 2.24) is 19.4 Å². The quantitative estimate of drug-likeness (QED) is 0.786. The summed E-state index contributed by atoms with van der Waals surface area (Å²) in [7, 11) is 5.49. The van der Waals surface area contributed by atoms with E-state index in [1.165, 1.54) is 0 Å². The second kappa shape index (κ2) is 7.43. The van der Waals surface area contributed by atoms with Crippen LogP contribution in [-0.4, -0.2) is 77.6 Å². The smallest absolute Gasteiger partial charge is 0.253 e. The number of piperidine rings is 1. The van der Waals surface area contributed by atoms with Gasteiger partial charge in [-0.2, -0.15) is 0 Å². The molecule has 8 heteroatoms. The molecule has 0 spiro atoms. The maximum atomic E-state index is 13.1. The first-order valence-corrected chi connectivity index (χ1v) is 9.74. The highest BCUT2D eigenvalue weighted by molar-refractivity contribution is 5.98. The number of nitrogens with zero attached hydrogens (tertiary/aromatic N) is 4. The van der Waals surface area contributed by atoms with Crippen LogP contribution in [-0.2, 0) is 16.6 Å². The highest BCUT2D eigenvalue weighted by Crippen LogP contribution is 2.32. The fourth-order valence-electron chi connectivity index (χ4n) is 4.41. The number of fused-ring (bicyclic) bond motifs is 2. The van der Waals surface area contributed by atoms with Gasteiger partial charge in [0.2, 0.25) is 11.9 Å². The molecule has 8 nitrogen and oxygen atoms in total. The molecule has 28 heavy (non-hydrogen) atoms. The fourth-order valence-corrected chi connectivity index (χ4v) is 4.41. The van der Waals surface area contributed by atoms with Crippen molar-refractivity contribution in [2.24, 2.45) is 13.0 Å². The number of hydrogen-bond donors (Lipinski definition) is 1. The number of benzene rings is 1. The van der Waals surface area contributed by atoms with Crippen LogP contribution in [0.2, 0.25) is 0 Å². The van der Waals surface area contributed by atoms with Crippen molar-refractivity contribution in [3.63, 3.8) is 0 Å². The number of amides is 2. The number of nitrogens with one attached hydrogen (secondary N) is 1. The summed E-state index contributed by atoms with van der Waals surface area (Å²) < 4.78 is 7.04. The lowest BCUT2D eigenvalue weighted by molar-refractivity contribution is -0.127. The third-order valence-electron chi connectivity index (χ3n) is 6.03. The summed E-state index contributed by atoms with van der Waals surface area (Å²) in [4.78, 5) is 33.4. The van der Waals surface area contributed by atoms with Crippen molar-refractivity contribution in [3.05, 3.63) is 23.8 Å². The lowest BCUT2D eigenvalue weighted by Gasteiger charge is -2.36. The molecule has 2 aromatic rings. The van der Waals surface area contributed by atoms with Gasteiger partial charge < -0.3 is 24.4 Å². The minimum absolute atomic E-state index is 0.0156. The van der Waals surface area contributed by atoms with E-state index in [1.807, 2.05) is 46.7 Å². The van der Waals surface area contributed by atoms with Crippen molar-refractivity contribution in [3.8, 4) is 0 Å². The van der Waals surface area contributed by atoms with Crippen LogP contribution in [0, 0.1) is 5.92 Å². The van der Waals surface area contributed by atoms with Crippen LogP contribution in [0.3, 0.4) is 0 Å². The molecule has 0 radical (unpaired) electrons. The van der Waals surface area contributed by atoms with Crippen LogP contribution in [0.15, 0.2) is 18.2 Å². The summed E-state index contributed by atoms with van der Waals surface area (Å²) in [5.74, 6) is 1.20. The molecule has 0 saturated carbocycles. The normalized spacial score (nSPS) is 22.0. The van der Waals surface area contributed by atoms with Crippen LogP contribution in [0.5, 0.6) is 0 Å². The topological polar surface area (TPSA) is 79.7 Å². The summed E-state index contributed by atoms with van der Waals surface area (Å²) >= 11 is 0. The number of carbonyl (C=O) groups is 2. The van der Waals surface area contributed by atoms with Crippen molar-refractivity contribution >= 4 is 28.8 Å². The molecule has 2 aliphatic rings. The van der Waals surface area contributed by atoms with Gasteiger partial charge in [0, 0.05) is 64.8 Å². The van der Waals surface area contributed by atoms with Crippen molar-refractivity contribution < 1.29 is 14.3 Å². The Hall–Kier alpha value is -2.61. The number of imidazole rings is 1. The molecule has 1 aromatic heterocycles. The van der Waals surface area contributed by atoms with Crippen LogP contribution in [0.4, 0.5) is 5.95 Å². The van der Waals surface area contributed by atoms with E-state index in [4.69, 9.17) is 4.74 Å². The number of hydrogen-bond acceptors (Lipinski definition) is 5. The van der Waals surface area contributed by atoms with Crippen LogP contribution >= 0.6 is 0 Å². The summed E-state index contributed by atoms with van der Waals surface area (Å²) in [5, 5.41) is 3.24. The second-order valence-electron chi connectivity index (χ2n) is 7.69. The number of carbonyl (C=O) groups excluding carboxylic acids is 2. The maximum absolute atomic E-state index is 13.1. The van der Waals surface area contributed by atoms with Gasteiger partial charge in [-0.25, -0.2) is 4.98 Å². The monoisotopic (exact) mass is 385 g/mol. The van der Waals surface area contributed by atoms with Crippen LogP contribution < -0.4 is 5.32 Å². The van der Waals surface area contributed by atoms with Gasteiger partial charge in [-0.3, -0.25) is 9.59 Å². The molecular weight excluding hydrogens is 358 g/mol. The largest absolute Gasteiger partial charge is 0.383 e. The summed E-state index contributed by atoms with van der Waals surface area (Å²) in [6, 6.07) is 5.94. The van der Waals surface area contributed by atoms with Gasteiger partial charge in [-0.1, -0.05) is 0 Å². The molecule has 1 aromatic carbocycles. The predicted octanol–water partition coefficient (Wildman–Crippen LogP) is 1.32. The average molecular weight is 385 g/mol. The Balaban J connectivity index is 1.51. The van der Waals surface area contributed by atoms with Gasteiger partial charge in [0.25, 0.3) is 5.91 Å². The maximum Gasteiger partial charge on any atom is 0.253 e. The van der Waals surface area contributed by atoms with Crippen molar-refractivity contribution in [2.45, 2.75) is 18.9 Å². The Morgan fingerprint density at radius 3 is 2.96 bits per heavy atom. The predicted molar refractivity (Wildman–Crippen MR) is 106 cm³/mol. The molecule has 2 aliphatic heterocycles. The van der Waals surface area contributed by atoms with Gasteiger partial charge in [0.05, 0.1) is 17.6 Å². The first-order valence-electron chi connectivity index (χ1n) is 9.74. The summed E-state index contributed by atoms with van der Waals surface area (Å²) in [6.07, 6.45) is 1.39. The number of aryl methyl sites for hydroxylation is 1. The number of likely N-dealkylation sites (tertiary alicyclic amines) is 2. The molecule has 2 fully saturated rings. The minimum Gasteiger partial charge on any atom is -0.383 e. The number of ether oxygens (including phenoxy) is 1. The summed E-state index contributed by atoms with van der Waals surface area (Å²) in [5.41, 5.74) is 2.40. The SMILES string of the molecule is COCCNc1nc2cc(C(=O)N3CC[C@H]4[C@H](CC(=O)N4C)C3)ccc2n1C. The number of rotatable bonds is 5. The molecule has 0 bridgehead atoms. The fraction of sp³-hybridized carbons (Fsp3) is 0.550. The van der Waals surface area contributed by atoms with Gasteiger partial charge in [-0.15, -0.1) is 0 Å². The Morgan fingerprint density at radius 2 is 2.18 bits per heavy atom. The zero-order chi connectivity index (χ0) is 19.8. The van der Waals surface area contributed by atoms with E-state index in [1.54, 1.807) is 7.11 Å². The highest BCUT2D eigenvalue weighted by Gasteiger charge is 2.42. The molecule has 1 N–H and O–H groups in total. The van der Waals surface area contributed by atoms with Gasteiger partial charge in [-0.05, 0) is 24.6 Å². The number of methoxy groups -OCH3 is 1. The Bertz CT molecular complexity index is 909. The summed E-state index contributed by atoms with van der Waals surface area (Å²) in [6.45, 7) is 2.59. The molecule has 0 aliphatic carbocycles. The second-order valence-corrected chi connectivity index (χ2v) is 7.69. The van der Waals surface area contributed by atoms with Gasteiger partial charge in [0.15, 0.2) is 0 Å². The van der Waals surface area contributed by atoms with Gasteiger partial charge in [0.1, 0.15) is 0 Å². The minimum atomic E-state index is 0.0156. The lowest BCUT2D eigenvalue weighted by Crippen LogP contribution is -2.47. The Morgan fingerprint density at radius 1 is 1.36 bits per heavy atom. The molecule has 3 heterocycles. The Kier molecular flexibility index (Phi) is 4.97. The molecule has 0 unspecified atom stereocenters. The first-order chi connectivity index (χ1) is 13.5. The zero-order valence-corrected chi connectivity index (χ0v) is 16.6. The standard InChI is InChI=1S/C20H27N5O3/c1-23-16-6-8-25(12-14(16)11-18(23)26)19(27)13-4-5-17-15(10-13)22-20(24(17)2)21-7-9-28-3/h4-5,10,14,16H,6-9,11-12H2,1-3H3,(H,21,22)/t14-,16+/m1/s1. The van der Waals surface area contributed by atoms with Crippen LogP contribution in [0.1, 0.15) is 23.2 Å². The van der Waals surface area contributed by atoms with E-state index in [0.717, 1.165) is 23.4 Å². The van der Waals surface area contributed by atoms with E-state index < -0.39 is 0 Å². The van der Waals surface area contributed by atoms with E-state index >= 15 is 0 Å². The average Bonchev–Trinajstić information content (AvgIpc) is 3.17. The number of aromatic nitrogens is 2. The lowest BCUT2D eigenvalue weighted by atomic mass is 9.92. The molecule has 150 valence electrons. The highest BCUT2D eigenvalue weighted by atomic mass is 16.5. The molecule has 2 saturated heterocycles. The first kappa shape index (κ1) is 18.7. The molecule has 4 rings (SSSR count). The van der Waals surface area contributed by atoms with E-state index in [2.05, 4.69) is 10.3 Å². The van der Waals surface area contributed by atoms with E-state index in [0.29, 0.717) is 38.2 Å². The third-order valence-corrected chi connectivity index (χ3v) is 6.03. The van der Waals surface area contributed by atoms with E-state index in [9.17, 15) is 9.59 Å². The molecule has 2 amide bonds. The molecule has 2 atom stereocenters. The van der Waals surface area contributed by atoms with E-state index in [-0.39, 0.29) is 23.8 Å². The number of anilines is 1. The Labute approximate surface area is 164 Å².